The summed E-state index contributed by atoms with van der Waals surface area (Å²) in [6.45, 7) is 6.68. The molecule has 2 aromatic rings. The Morgan fingerprint density at radius 2 is 2.00 bits per heavy atom. The van der Waals surface area contributed by atoms with E-state index >= 15 is 0 Å². The Balaban J connectivity index is 2.30. The molecule has 0 saturated carbocycles. The molecule has 1 unspecified atom stereocenters. The normalized spacial score (nSPS) is 13.2. The molecule has 0 aliphatic carbocycles. The molecule has 0 aliphatic rings. The van der Waals surface area contributed by atoms with Gasteiger partial charge in [-0.25, -0.2) is 4.79 Å². The lowest BCUT2D eigenvalue weighted by Crippen LogP contribution is -2.44. The third-order valence-corrected chi connectivity index (χ3v) is 4.12. The van der Waals surface area contributed by atoms with E-state index in [0.29, 0.717) is 16.9 Å². The van der Waals surface area contributed by atoms with Crippen molar-refractivity contribution in [2.24, 2.45) is 0 Å². The highest BCUT2D eigenvalue weighted by molar-refractivity contribution is 5.87. The van der Waals surface area contributed by atoms with E-state index in [1.165, 1.54) is 19.9 Å². The van der Waals surface area contributed by atoms with Crippen LogP contribution in [0.4, 0.5) is 0 Å². The van der Waals surface area contributed by atoms with Crippen molar-refractivity contribution < 1.29 is 23.8 Å². The number of carbonyl (C=O) groups excluding carboxylic acids is 1. The maximum atomic E-state index is 12.1. The number of carbonyl (C=O) groups is 2. The molecule has 7 nitrogen and oxygen atoms in total. The smallest absolute Gasteiger partial charge is 0.336 e. The van der Waals surface area contributed by atoms with Gasteiger partial charge in [0.2, 0.25) is 0 Å². The Hall–Kier alpha value is -2.83. The predicted octanol–water partition coefficient (Wildman–Crippen LogP) is 2.41. The molecule has 2 rings (SSSR count). The van der Waals surface area contributed by atoms with Crippen LogP contribution in [0, 0.1) is 6.92 Å². The lowest BCUT2D eigenvalue weighted by molar-refractivity contribution is -0.142. The minimum Gasteiger partial charge on any atom is -0.480 e. The van der Waals surface area contributed by atoms with E-state index < -0.39 is 29.6 Å². The van der Waals surface area contributed by atoms with Crippen LogP contribution in [0.5, 0.6) is 5.75 Å². The molecule has 0 radical (unpaired) electrons. The first-order chi connectivity index (χ1) is 12.2. The van der Waals surface area contributed by atoms with Gasteiger partial charge in [-0.05, 0) is 44.9 Å². The second-order valence-corrected chi connectivity index (χ2v) is 6.23. The second kappa shape index (κ2) is 8.03. The minimum absolute atomic E-state index is 0.403. The van der Waals surface area contributed by atoms with Crippen molar-refractivity contribution >= 4 is 22.8 Å². The molecule has 1 amide bonds. The number of carboxylic acids is 1. The lowest BCUT2D eigenvalue weighted by Gasteiger charge is -2.18. The number of rotatable bonds is 7. The molecule has 0 bridgehead atoms. The van der Waals surface area contributed by atoms with E-state index in [4.69, 9.17) is 14.3 Å². The minimum atomic E-state index is -1.13. The van der Waals surface area contributed by atoms with Crippen LogP contribution >= 0.6 is 0 Å². The topological polar surface area (TPSA) is 106 Å². The fourth-order valence-electron chi connectivity index (χ4n) is 2.65. The van der Waals surface area contributed by atoms with Crippen LogP contribution in [-0.4, -0.2) is 29.1 Å². The van der Waals surface area contributed by atoms with E-state index in [-0.39, 0.29) is 0 Å². The number of hydrogen-bond acceptors (Lipinski definition) is 5. The number of aliphatic carboxylic acids is 1. The molecule has 0 aliphatic heterocycles. The van der Waals surface area contributed by atoms with Crippen molar-refractivity contribution in [1.82, 2.24) is 5.32 Å². The zero-order chi connectivity index (χ0) is 19.4. The Labute approximate surface area is 151 Å². The zero-order valence-electron chi connectivity index (χ0n) is 15.3. The van der Waals surface area contributed by atoms with Crippen molar-refractivity contribution in [1.29, 1.82) is 0 Å². The van der Waals surface area contributed by atoms with E-state index in [2.05, 4.69) is 5.32 Å². The van der Waals surface area contributed by atoms with Crippen LogP contribution in [-0.2, 0) is 16.0 Å². The van der Waals surface area contributed by atoms with Gasteiger partial charge >= 0.3 is 11.6 Å². The first-order valence-electron chi connectivity index (χ1n) is 8.50. The van der Waals surface area contributed by atoms with Crippen LogP contribution in [0.15, 0.2) is 27.4 Å². The highest BCUT2D eigenvalue weighted by atomic mass is 16.5. The van der Waals surface area contributed by atoms with Gasteiger partial charge in [0.25, 0.3) is 5.91 Å². The first kappa shape index (κ1) is 19.5. The molecule has 140 valence electrons. The van der Waals surface area contributed by atoms with Crippen LogP contribution in [0.2, 0.25) is 0 Å². The van der Waals surface area contributed by atoms with Crippen molar-refractivity contribution in [2.75, 3.05) is 0 Å². The van der Waals surface area contributed by atoms with E-state index in [9.17, 15) is 14.4 Å². The Morgan fingerprint density at radius 3 is 2.62 bits per heavy atom. The second-order valence-electron chi connectivity index (χ2n) is 6.23. The van der Waals surface area contributed by atoms with Gasteiger partial charge in [-0.15, -0.1) is 0 Å². The molecule has 2 atom stereocenters. The van der Waals surface area contributed by atoms with Gasteiger partial charge in [-0.1, -0.05) is 13.3 Å². The fraction of sp³-hybridized carbons (Fsp3) is 0.421. The highest BCUT2D eigenvalue weighted by Crippen LogP contribution is 2.29. The third-order valence-electron chi connectivity index (χ3n) is 4.12. The Morgan fingerprint density at radius 1 is 1.31 bits per heavy atom. The summed E-state index contributed by atoms with van der Waals surface area (Å²) in [4.78, 5) is 34.7. The Bertz CT molecular complexity index is 885. The van der Waals surface area contributed by atoms with Gasteiger partial charge in [0.1, 0.15) is 17.4 Å². The maximum Gasteiger partial charge on any atom is 0.336 e. The Kier molecular flexibility index (Phi) is 6.02. The van der Waals surface area contributed by atoms with Gasteiger partial charge < -0.3 is 19.6 Å². The van der Waals surface area contributed by atoms with Gasteiger partial charge in [-0.3, -0.25) is 9.59 Å². The summed E-state index contributed by atoms with van der Waals surface area (Å²) in [5.74, 6) is -1.27. The number of carboxylic acid groups (broad SMARTS) is 1. The summed E-state index contributed by atoms with van der Waals surface area (Å²) in [7, 11) is 0. The number of hydrogen-bond donors (Lipinski definition) is 2. The maximum absolute atomic E-state index is 12.1. The van der Waals surface area contributed by atoms with Crippen LogP contribution in [0.25, 0.3) is 11.0 Å². The highest BCUT2D eigenvalue weighted by Gasteiger charge is 2.21. The number of amides is 1. The standard InChI is InChI=1S/C19H23NO6/c1-5-6-13-9-16(21)26-17-10(2)15(8-7-14(13)17)25-12(4)18(22)20-11(3)19(23)24/h7-9,11-12H,5-6H2,1-4H3,(H,20,22)(H,23,24)/t11-,12?/m0/s1. The van der Waals surface area contributed by atoms with E-state index in [1.54, 1.807) is 19.1 Å². The fourth-order valence-corrected chi connectivity index (χ4v) is 2.65. The number of benzene rings is 1. The number of fused-ring (bicyclic) bond motifs is 1. The van der Waals surface area contributed by atoms with E-state index in [0.717, 1.165) is 23.8 Å². The molecule has 0 fully saturated rings. The monoisotopic (exact) mass is 361 g/mol. The number of nitrogens with one attached hydrogen (secondary N) is 1. The molecule has 2 N–H and O–H groups in total. The molecule has 7 heteroatoms. The summed E-state index contributed by atoms with van der Waals surface area (Å²) >= 11 is 0. The van der Waals surface area contributed by atoms with Gasteiger partial charge in [0.15, 0.2) is 6.10 Å². The molecule has 0 saturated heterocycles. The summed E-state index contributed by atoms with van der Waals surface area (Å²) < 4.78 is 11.0. The third kappa shape index (κ3) is 4.22. The molecule has 1 aromatic carbocycles. The average molecular weight is 361 g/mol. The molecule has 1 aromatic heterocycles. The number of aryl methyl sites for hydroxylation is 2. The van der Waals surface area contributed by atoms with Crippen LogP contribution < -0.4 is 15.7 Å². The molecular formula is C19H23NO6. The summed E-state index contributed by atoms with van der Waals surface area (Å²) in [6.07, 6.45) is 0.751. The van der Waals surface area contributed by atoms with Crippen LogP contribution in [0.1, 0.15) is 38.3 Å². The zero-order valence-corrected chi connectivity index (χ0v) is 15.3. The molecular weight excluding hydrogens is 338 g/mol. The van der Waals surface area contributed by atoms with Crippen molar-refractivity contribution in [3.63, 3.8) is 0 Å². The largest absolute Gasteiger partial charge is 0.480 e. The van der Waals surface area contributed by atoms with Crippen LogP contribution in [0.3, 0.4) is 0 Å². The molecule has 0 spiro atoms. The SMILES string of the molecule is CCCc1cc(=O)oc2c(C)c(OC(C)C(=O)N[C@@H](C)C(=O)O)ccc12. The average Bonchev–Trinajstić information content (AvgIpc) is 2.57. The van der Waals surface area contributed by atoms with E-state index in [1.807, 2.05) is 6.92 Å². The predicted molar refractivity (Wildman–Crippen MR) is 96.5 cm³/mol. The molecule has 1 heterocycles. The van der Waals surface area contributed by atoms with Crippen molar-refractivity contribution in [2.45, 2.75) is 52.7 Å². The summed E-state index contributed by atoms with van der Waals surface area (Å²) in [6, 6.07) is 4.01. The van der Waals surface area contributed by atoms with Gasteiger partial charge in [-0.2, -0.15) is 0 Å². The quantitative estimate of drug-likeness (QED) is 0.734. The van der Waals surface area contributed by atoms with Crippen molar-refractivity contribution in [3.05, 3.63) is 39.7 Å². The van der Waals surface area contributed by atoms with Gasteiger partial charge in [0, 0.05) is 17.0 Å². The number of ether oxygens (including phenoxy) is 1. The van der Waals surface area contributed by atoms with Crippen molar-refractivity contribution in [3.8, 4) is 5.75 Å². The summed E-state index contributed by atoms with van der Waals surface area (Å²) in [5, 5.41) is 12.1. The molecule has 26 heavy (non-hydrogen) atoms. The summed E-state index contributed by atoms with van der Waals surface area (Å²) in [5.41, 5.74) is 1.53. The first-order valence-corrected chi connectivity index (χ1v) is 8.50. The lowest BCUT2D eigenvalue weighted by atomic mass is 10.0. The van der Waals surface area contributed by atoms with Gasteiger partial charge in [0.05, 0.1) is 0 Å².